The molecule has 2 aromatic rings. The van der Waals surface area contributed by atoms with Crippen LogP contribution in [0.2, 0.25) is 0 Å². The van der Waals surface area contributed by atoms with Gasteiger partial charge in [-0.05, 0) is 19.4 Å². The Morgan fingerprint density at radius 2 is 1.75 bits per heavy atom. The van der Waals surface area contributed by atoms with Gasteiger partial charge in [-0.3, -0.25) is 4.79 Å². The van der Waals surface area contributed by atoms with Gasteiger partial charge < -0.3 is 20.5 Å². The maximum absolute atomic E-state index is 11.6. The molecule has 0 fully saturated rings. The molecule has 0 saturated heterocycles. The normalized spacial score (nSPS) is 9.10. The van der Waals surface area contributed by atoms with Crippen molar-refractivity contribution in [2.45, 2.75) is 13.8 Å². The molecule has 0 unspecified atom stereocenters. The van der Waals surface area contributed by atoms with Crippen LogP contribution in [0.3, 0.4) is 0 Å². The average Bonchev–Trinajstić information content (AvgIpc) is 2.56. The van der Waals surface area contributed by atoms with Crippen LogP contribution >= 0.6 is 11.3 Å². The number of carbonyl (C=O) groups is 2. The molecular formula is C10H8N2Na2O5S. The van der Waals surface area contributed by atoms with E-state index in [9.17, 15) is 19.8 Å². The van der Waals surface area contributed by atoms with E-state index >= 15 is 0 Å². The van der Waals surface area contributed by atoms with Crippen molar-refractivity contribution in [3.8, 4) is 5.88 Å². The van der Waals surface area contributed by atoms with Crippen LogP contribution in [0.5, 0.6) is 5.88 Å². The molecule has 0 bridgehead atoms. The average molecular weight is 314 g/mol. The number of fused-ring (bicyclic) bond motifs is 1. The molecule has 2 heterocycles. The molecule has 2 aromatic heterocycles. The van der Waals surface area contributed by atoms with Gasteiger partial charge in [0.25, 0.3) is 0 Å². The van der Waals surface area contributed by atoms with E-state index in [2.05, 4.69) is 9.97 Å². The fourth-order valence-corrected chi connectivity index (χ4v) is 2.60. The van der Waals surface area contributed by atoms with E-state index in [1.54, 1.807) is 6.92 Å². The summed E-state index contributed by atoms with van der Waals surface area (Å²) in [5.74, 6) is -3.16. The van der Waals surface area contributed by atoms with Crippen molar-refractivity contribution in [1.29, 1.82) is 0 Å². The molecule has 0 aliphatic heterocycles. The number of hydrogen-bond donors (Lipinski definition) is 0. The number of carbonyl (C=O) groups excluding carboxylic acids is 2. The number of aryl methyl sites for hydroxylation is 1. The molecule has 7 nitrogen and oxygen atoms in total. The molecule has 0 aliphatic rings. The maximum atomic E-state index is 11.6. The Kier molecular flexibility index (Phi) is 9.33. The number of thiophene rings is 1. The molecule has 0 amide bonds. The number of rotatable bonds is 2. The number of carboxylic acid groups (broad SMARTS) is 1. The fourth-order valence-electron chi connectivity index (χ4n) is 1.53. The number of aromatic carboxylic acids is 1. The number of aromatic nitrogens is 2. The first-order valence-corrected chi connectivity index (χ1v) is 5.44. The zero-order valence-corrected chi connectivity index (χ0v) is 16.3. The predicted octanol–water partition coefficient (Wildman–Crippen LogP) is -7.18. The maximum Gasteiger partial charge on any atom is 1.00 e. The number of hydrogen-bond acceptors (Lipinski definition) is 7. The van der Waals surface area contributed by atoms with Crippen LogP contribution < -0.4 is 69.3 Å². The second kappa shape index (κ2) is 8.40. The Bertz CT molecular complexity index is 659. The van der Waals surface area contributed by atoms with Crippen LogP contribution in [0.15, 0.2) is 0 Å². The zero-order valence-electron chi connectivity index (χ0n) is 11.4. The minimum Gasteiger partial charge on any atom is -0.858 e. The van der Waals surface area contributed by atoms with E-state index in [0.717, 1.165) is 11.3 Å². The van der Waals surface area contributed by atoms with E-state index in [0.29, 0.717) is 10.4 Å². The predicted molar refractivity (Wildman–Crippen MR) is 59.5 cm³/mol. The van der Waals surface area contributed by atoms with Crippen LogP contribution in [0.4, 0.5) is 0 Å². The Hall–Kier alpha value is -0.0600. The summed E-state index contributed by atoms with van der Waals surface area (Å²) < 4.78 is 0. The summed E-state index contributed by atoms with van der Waals surface area (Å²) in [7, 11) is 0. The smallest absolute Gasteiger partial charge is 0.858 e. The molecular weight excluding hydrogens is 306 g/mol. The third-order valence-electron chi connectivity index (χ3n) is 2.26. The van der Waals surface area contributed by atoms with Gasteiger partial charge in [-0.2, -0.15) is 0 Å². The van der Waals surface area contributed by atoms with Crippen molar-refractivity contribution in [3.05, 3.63) is 16.3 Å². The van der Waals surface area contributed by atoms with Crippen molar-refractivity contribution in [1.82, 2.24) is 9.97 Å². The first-order chi connectivity index (χ1) is 7.91. The molecule has 0 saturated carbocycles. The minimum absolute atomic E-state index is 0. The van der Waals surface area contributed by atoms with Crippen LogP contribution in [-0.4, -0.2) is 27.2 Å². The second-order valence-corrected chi connectivity index (χ2v) is 4.43. The van der Waals surface area contributed by atoms with Gasteiger partial charge in [0.15, 0.2) is 11.6 Å². The third kappa shape index (κ3) is 3.99. The van der Waals surface area contributed by atoms with Crippen LogP contribution in [0.25, 0.3) is 10.2 Å². The second-order valence-electron chi connectivity index (χ2n) is 3.43. The summed E-state index contributed by atoms with van der Waals surface area (Å²) in [6.45, 7) is 2.98. The Labute approximate surface area is 162 Å². The molecule has 2 rings (SSSR count). The summed E-state index contributed by atoms with van der Waals surface area (Å²) in [5, 5.41) is 22.4. The zero-order chi connectivity index (χ0) is 12.7. The van der Waals surface area contributed by atoms with E-state index in [1.165, 1.54) is 6.92 Å². The number of carboxylic acids is 1. The third-order valence-corrected chi connectivity index (χ3v) is 3.55. The van der Waals surface area contributed by atoms with E-state index in [4.69, 9.17) is 0 Å². The molecule has 2 N–H and O–H groups in total. The Morgan fingerprint density at radius 3 is 2.20 bits per heavy atom. The number of ketones is 1. The van der Waals surface area contributed by atoms with Gasteiger partial charge in [0.05, 0.1) is 4.88 Å². The fraction of sp³-hybridized carbons (Fsp3) is 0.200. The first kappa shape index (κ1) is 22.2. The van der Waals surface area contributed by atoms with Gasteiger partial charge in [0, 0.05) is 11.3 Å². The largest absolute Gasteiger partial charge is 1.00 e. The van der Waals surface area contributed by atoms with Crippen molar-refractivity contribution in [2.24, 2.45) is 0 Å². The van der Waals surface area contributed by atoms with Crippen molar-refractivity contribution < 1.29 is 84.4 Å². The molecule has 0 aromatic carbocycles. The summed E-state index contributed by atoms with van der Waals surface area (Å²) in [6.07, 6.45) is 0. The van der Waals surface area contributed by atoms with Crippen LogP contribution in [-0.2, 0) is 0 Å². The summed E-state index contributed by atoms with van der Waals surface area (Å²) in [5.41, 5.74) is 0.493. The van der Waals surface area contributed by atoms with Gasteiger partial charge in [-0.15, -0.1) is 11.3 Å². The molecule has 0 spiro atoms. The van der Waals surface area contributed by atoms with E-state index in [-0.39, 0.29) is 80.6 Å². The quantitative estimate of drug-likeness (QED) is 0.399. The SMILES string of the molecule is CC(=O)c1sc2nc(C(=O)[O-])nc([O-])c2c1C.O.[Na+].[Na+]. The van der Waals surface area contributed by atoms with E-state index in [1.807, 2.05) is 0 Å². The number of Topliss-reactive ketones (excluding diaryl/α,β-unsaturated/α-hetero) is 1. The summed E-state index contributed by atoms with van der Waals surface area (Å²) in [4.78, 5) is 29.5. The molecule has 0 radical (unpaired) electrons. The van der Waals surface area contributed by atoms with Crippen molar-refractivity contribution in [2.75, 3.05) is 0 Å². The topological polar surface area (TPSA) is 138 Å². The Morgan fingerprint density at radius 1 is 1.20 bits per heavy atom. The molecule has 10 heteroatoms. The Balaban J connectivity index is 0. The molecule has 0 aliphatic carbocycles. The van der Waals surface area contributed by atoms with Crippen LogP contribution in [0.1, 0.15) is 32.8 Å². The number of nitrogens with zero attached hydrogens (tertiary/aromatic N) is 2. The van der Waals surface area contributed by atoms with Gasteiger partial charge >= 0.3 is 59.1 Å². The van der Waals surface area contributed by atoms with Gasteiger partial charge in [-0.25, -0.2) is 9.97 Å². The van der Waals surface area contributed by atoms with Gasteiger partial charge in [0.2, 0.25) is 0 Å². The molecule has 96 valence electrons. The minimum atomic E-state index is -1.61. The first-order valence-electron chi connectivity index (χ1n) is 4.62. The summed E-state index contributed by atoms with van der Waals surface area (Å²) >= 11 is 0.986. The van der Waals surface area contributed by atoms with Crippen molar-refractivity contribution >= 4 is 33.3 Å². The standard InChI is InChI=1S/C10H8N2O4S.2Na.H2O/c1-3-5-8(14)11-7(10(15)16)12-9(5)17-6(3)4(2)13;;;/h1-2H3,(H,15,16)(H,11,12,14);;;1H2/q;2*+1;/p-2. The van der Waals surface area contributed by atoms with Crippen LogP contribution in [0, 0.1) is 6.92 Å². The van der Waals surface area contributed by atoms with Gasteiger partial charge in [0.1, 0.15) is 10.8 Å². The molecule has 0 atom stereocenters. The molecule has 20 heavy (non-hydrogen) atoms. The van der Waals surface area contributed by atoms with Gasteiger partial charge in [-0.1, -0.05) is 0 Å². The van der Waals surface area contributed by atoms with Crippen molar-refractivity contribution in [3.63, 3.8) is 0 Å². The van der Waals surface area contributed by atoms with E-state index < -0.39 is 17.7 Å². The monoisotopic (exact) mass is 314 g/mol. The summed E-state index contributed by atoms with van der Waals surface area (Å²) in [6, 6.07) is 0.